The zero-order chi connectivity index (χ0) is 23.8. The summed E-state index contributed by atoms with van der Waals surface area (Å²) in [5, 5.41) is 20.1. The molecule has 0 saturated carbocycles. The number of carboxylic acids is 1. The molecule has 1 aliphatic heterocycles. The Bertz CT molecular complexity index is 1110. The van der Waals surface area contributed by atoms with Gasteiger partial charge < -0.3 is 15.7 Å². The number of nitrogens with zero attached hydrogens (tertiary/aromatic N) is 4. The third-order valence-electron chi connectivity index (χ3n) is 5.92. The molecule has 0 saturated heterocycles. The topological polar surface area (TPSA) is 122 Å². The molecule has 34 heavy (non-hydrogen) atoms. The minimum absolute atomic E-state index is 0.0761. The number of carboxylic acid groups (broad SMARTS) is 1. The maximum Gasteiger partial charge on any atom is 0.328 e. The van der Waals surface area contributed by atoms with Crippen LogP contribution in [0.4, 0.5) is 5.82 Å². The number of rotatable bonds is 11. The first-order valence-electron chi connectivity index (χ1n) is 11.8. The number of aliphatic carboxylic acids is 1. The van der Waals surface area contributed by atoms with Crippen molar-refractivity contribution in [3.8, 4) is 11.4 Å². The average molecular weight is 463 g/mol. The minimum Gasteiger partial charge on any atom is -0.480 e. The van der Waals surface area contributed by atoms with Crippen molar-refractivity contribution in [3.63, 3.8) is 0 Å². The van der Waals surface area contributed by atoms with Gasteiger partial charge in [0.15, 0.2) is 11.9 Å². The van der Waals surface area contributed by atoms with Crippen molar-refractivity contribution in [3.05, 3.63) is 60.0 Å². The number of aryl methyl sites for hydroxylation is 2. The normalized spacial score (nSPS) is 13.5. The first-order chi connectivity index (χ1) is 16.6. The Labute approximate surface area is 198 Å². The molecule has 0 unspecified atom stereocenters. The van der Waals surface area contributed by atoms with Crippen molar-refractivity contribution in [2.24, 2.45) is 0 Å². The number of fused-ring (bicyclic) bond motifs is 1. The molecule has 0 radical (unpaired) electrons. The van der Waals surface area contributed by atoms with Crippen molar-refractivity contribution in [2.75, 3.05) is 18.4 Å². The van der Waals surface area contributed by atoms with Gasteiger partial charge in [-0.3, -0.25) is 4.79 Å². The van der Waals surface area contributed by atoms with E-state index in [4.69, 9.17) is 0 Å². The number of carbonyl (C=O) groups is 2. The third-order valence-corrected chi connectivity index (χ3v) is 5.92. The molecule has 0 spiro atoms. The van der Waals surface area contributed by atoms with Crippen LogP contribution >= 0.6 is 0 Å². The number of anilines is 1. The van der Waals surface area contributed by atoms with E-state index in [-0.39, 0.29) is 18.9 Å². The second kappa shape index (κ2) is 11.4. The van der Waals surface area contributed by atoms with Gasteiger partial charge in [-0.05, 0) is 50.2 Å². The van der Waals surface area contributed by atoms with Crippen LogP contribution in [0.5, 0.6) is 0 Å². The number of amides is 1. The van der Waals surface area contributed by atoms with Gasteiger partial charge in [0.25, 0.3) is 0 Å². The molecular weight excluding hydrogens is 432 g/mol. The molecule has 0 aliphatic carbocycles. The highest BCUT2D eigenvalue weighted by Crippen LogP contribution is 2.20. The zero-order valence-corrected chi connectivity index (χ0v) is 19.1. The Morgan fingerprint density at radius 2 is 2.00 bits per heavy atom. The summed E-state index contributed by atoms with van der Waals surface area (Å²) in [6.45, 7) is 1.23. The van der Waals surface area contributed by atoms with Gasteiger partial charge in [0.1, 0.15) is 12.1 Å². The number of nitrogens with one attached hydrogen (secondary N) is 2. The quantitative estimate of drug-likeness (QED) is 0.374. The second-order valence-electron chi connectivity index (χ2n) is 8.45. The number of benzene rings is 1. The smallest absolute Gasteiger partial charge is 0.328 e. The average Bonchev–Trinajstić information content (AvgIpc) is 3.34. The van der Waals surface area contributed by atoms with Crippen LogP contribution < -0.4 is 10.6 Å². The molecule has 4 rings (SSSR count). The lowest BCUT2D eigenvalue weighted by Crippen LogP contribution is -2.29. The number of pyridine rings is 1. The Hall–Kier alpha value is -3.75. The lowest BCUT2D eigenvalue weighted by molar-refractivity contribution is -0.141. The maximum atomic E-state index is 12.2. The zero-order valence-electron chi connectivity index (χ0n) is 19.1. The van der Waals surface area contributed by atoms with Crippen LogP contribution in [0.15, 0.2) is 48.8 Å². The molecule has 9 heteroatoms. The van der Waals surface area contributed by atoms with E-state index in [1.165, 1.54) is 16.6 Å². The van der Waals surface area contributed by atoms with Crippen LogP contribution in [0.1, 0.15) is 49.4 Å². The van der Waals surface area contributed by atoms with Crippen molar-refractivity contribution in [1.82, 2.24) is 25.1 Å². The summed E-state index contributed by atoms with van der Waals surface area (Å²) >= 11 is 0. The highest BCUT2D eigenvalue weighted by molar-refractivity contribution is 5.76. The molecule has 1 atom stereocenters. The van der Waals surface area contributed by atoms with E-state index in [0.29, 0.717) is 12.2 Å². The summed E-state index contributed by atoms with van der Waals surface area (Å²) in [6.07, 6.45) is 6.73. The minimum atomic E-state index is -1.01. The summed E-state index contributed by atoms with van der Waals surface area (Å²) in [7, 11) is 0. The van der Waals surface area contributed by atoms with Crippen molar-refractivity contribution in [2.45, 2.75) is 51.0 Å². The van der Waals surface area contributed by atoms with Gasteiger partial charge in [0, 0.05) is 30.8 Å². The molecule has 3 aromatic rings. The molecule has 9 nitrogen and oxygen atoms in total. The first-order valence-corrected chi connectivity index (χ1v) is 11.8. The van der Waals surface area contributed by atoms with Crippen LogP contribution in [0.25, 0.3) is 11.4 Å². The molecule has 1 aliphatic rings. The Kier molecular flexibility index (Phi) is 7.85. The molecular formula is C25H30N6O3. The number of carbonyl (C=O) groups excluding carboxylic acids is 1. The Morgan fingerprint density at radius 1 is 1.15 bits per heavy atom. The molecule has 2 aromatic heterocycles. The summed E-state index contributed by atoms with van der Waals surface area (Å²) in [5.41, 5.74) is 3.14. The molecule has 0 fully saturated rings. The molecule has 1 aromatic carbocycles. The summed E-state index contributed by atoms with van der Waals surface area (Å²) in [6, 6.07) is 12.7. The van der Waals surface area contributed by atoms with Gasteiger partial charge in [-0.15, -0.1) is 0 Å². The van der Waals surface area contributed by atoms with E-state index < -0.39 is 12.0 Å². The summed E-state index contributed by atoms with van der Waals surface area (Å²) in [5.74, 6) is 0.386. The van der Waals surface area contributed by atoms with Gasteiger partial charge in [-0.1, -0.05) is 36.4 Å². The number of unbranched alkanes of at least 4 members (excludes halogenated alkanes) is 1. The Morgan fingerprint density at radius 3 is 2.82 bits per heavy atom. The highest BCUT2D eigenvalue weighted by Gasteiger charge is 2.21. The van der Waals surface area contributed by atoms with Crippen LogP contribution in [-0.2, 0) is 22.4 Å². The van der Waals surface area contributed by atoms with Crippen LogP contribution in [0.3, 0.4) is 0 Å². The monoisotopic (exact) mass is 462 g/mol. The predicted molar refractivity (Wildman–Crippen MR) is 128 cm³/mol. The van der Waals surface area contributed by atoms with Gasteiger partial charge in [0.2, 0.25) is 5.91 Å². The third kappa shape index (κ3) is 6.18. The standard InChI is InChI=1S/C25H30N6O3/c32-22(11-5-4-10-20-13-12-19-9-6-15-27-23(19)29-20)26-16-14-21(25(33)34)31-17-28-24(30-31)18-7-2-1-3-8-18/h1-3,7-8,12-13,17,21H,4-6,9-11,14-16H2,(H,26,32)(H,27,29)(H,33,34)/t21-/m0/s1. The molecule has 0 bridgehead atoms. The lowest BCUT2D eigenvalue weighted by atomic mass is 10.1. The second-order valence-corrected chi connectivity index (χ2v) is 8.45. The van der Waals surface area contributed by atoms with E-state index in [2.05, 4.69) is 37.8 Å². The molecule has 178 valence electrons. The predicted octanol–water partition coefficient (Wildman–Crippen LogP) is 3.24. The molecule has 3 N–H and O–H groups in total. The van der Waals surface area contributed by atoms with E-state index in [9.17, 15) is 14.7 Å². The van der Waals surface area contributed by atoms with Crippen molar-refractivity contribution in [1.29, 1.82) is 0 Å². The summed E-state index contributed by atoms with van der Waals surface area (Å²) < 4.78 is 1.34. The number of hydrogen-bond acceptors (Lipinski definition) is 6. The van der Waals surface area contributed by atoms with Crippen molar-refractivity contribution >= 4 is 17.7 Å². The number of aromatic nitrogens is 4. The highest BCUT2D eigenvalue weighted by atomic mass is 16.4. The van der Waals surface area contributed by atoms with E-state index in [1.54, 1.807) is 0 Å². The molecule has 3 heterocycles. The van der Waals surface area contributed by atoms with Gasteiger partial charge in [-0.2, -0.15) is 5.10 Å². The molecule has 1 amide bonds. The fraction of sp³-hybridized carbons (Fsp3) is 0.400. The van der Waals surface area contributed by atoms with Gasteiger partial charge >= 0.3 is 5.97 Å². The van der Waals surface area contributed by atoms with Gasteiger partial charge in [-0.25, -0.2) is 19.4 Å². The largest absolute Gasteiger partial charge is 0.480 e. The van der Waals surface area contributed by atoms with Crippen LogP contribution in [-0.4, -0.2) is 49.8 Å². The van der Waals surface area contributed by atoms with Crippen LogP contribution in [0, 0.1) is 0 Å². The van der Waals surface area contributed by atoms with E-state index >= 15 is 0 Å². The maximum absolute atomic E-state index is 12.2. The fourth-order valence-corrected chi connectivity index (χ4v) is 4.05. The van der Waals surface area contributed by atoms with Crippen molar-refractivity contribution < 1.29 is 14.7 Å². The fourth-order valence-electron chi connectivity index (χ4n) is 4.05. The van der Waals surface area contributed by atoms with E-state index in [1.807, 2.05) is 30.3 Å². The first kappa shape index (κ1) is 23.4. The Balaban J connectivity index is 1.18. The van der Waals surface area contributed by atoms with Gasteiger partial charge in [0.05, 0.1) is 0 Å². The summed E-state index contributed by atoms with van der Waals surface area (Å²) in [4.78, 5) is 32.9. The van der Waals surface area contributed by atoms with E-state index in [0.717, 1.165) is 55.7 Å². The van der Waals surface area contributed by atoms with Crippen LogP contribution in [0.2, 0.25) is 0 Å². The number of hydrogen-bond donors (Lipinski definition) is 3. The lowest BCUT2D eigenvalue weighted by Gasteiger charge is -2.17. The SMILES string of the molecule is O=C(CCCCc1ccc2c(n1)NCCC2)NCC[C@@H](C(=O)O)n1cnc(-c2ccccc2)n1.